The fourth-order valence-electron chi connectivity index (χ4n) is 3.59. The van der Waals surface area contributed by atoms with Crippen LogP contribution in [0, 0.1) is 5.92 Å². The second-order valence-electron chi connectivity index (χ2n) is 6.76. The van der Waals surface area contributed by atoms with Crippen molar-refractivity contribution < 1.29 is 22.7 Å². The average molecular weight is 381 g/mol. The molecule has 8 nitrogen and oxygen atoms in total. The predicted octanol–water partition coefficient (Wildman–Crippen LogP) is 0.425. The number of carbonyl (C=O) groups is 2. The maximum atomic E-state index is 12.9. The summed E-state index contributed by atoms with van der Waals surface area (Å²) in [5, 5.41) is 0. The minimum Gasteiger partial charge on any atom is -0.469 e. The van der Waals surface area contributed by atoms with Crippen LogP contribution >= 0.6 is 0 Å². The van der Waals surface area contributed by atoms with Crippen LogP contribution in [0.1, 0.15) is 34.3 Å². The molecule has 0 saturated carbocycles. The number of fused-ring (bicyclic) bond motifs is 1. The van der Waals surface area contributed by atoms with Crippen molar-refractivity contribution in [1.82, 2.24) is 14.2 Å². The Kier molecular flexibility index (Phi) is 5.29. The maximum Gasteiger partial charge on any atom is 0.308 e. The number of carbonyl (C=O) groups excluding carboxylic acids is 2. The Balaban J connectivity index is 1.75. The Morgan fingerprint density at radius 3 is 2.50 bits per heavy atom. The minimum absolute atomic E-state index is 0.106. The lowest BCUT2D eigenvalue weighted by molar-refractivity contribution is -0.146. The lowest BCUT2D eigenvalue weighted by atomic mass is 9.94. The van der Waals surface area contributed by atoms with Gasteiger partial charge in [0.05, 0.1) is 24.8 Å². The third-order valence-electron chi connectivity index (χ3n) is 5.12. The normalized spacial score (nSPS) is 19.1. The molecule has 1 aromatic heterocycles. The van der Waals surface area contributed by atoms with Crippen LogP contribution in [-0.4, -0.2) is 67.5 Å². The fourth-order valence-corrected chi connectivity index (χ4v) is 4.39. The van der Waals surface area contributed by atoms with Crippen molar-refractivity contribution in [2.24, 2.45) is 5.92 Å². The highest BCUT2D eigenvalue weighted by Crippen LogP contribution is 2.26. The van der Waals surface area contributed by atoms with Gasteiger partial charge in [0.25, 0.3) is 5.91 Å². The first-order chi connectivity index (χ1) is 12.3. The third-order valence-corrected chi connectivity index (χ3v) is 6.37. The van der Waals surface area contributed by atoms with Gasteiger partial charge in [0.15, 0.2) is 0 Å². The molecular formula is C17H23N3O5S. The first kappa shape index (κ1) is 18.8. The zero-order valence-electron chi connectivity index (χ0n) is 15.0. The summed E-state index contributed by atoms with van der Waals surface area (Å²) in [5.74, 6) is -0.489. The molecule has 3 heterocycles. The first-order valence-corrected chi connectivity index (χ1v) is 10.4. The maximum absolute atomic E-state index is 12.9. The van der Waals surface area contributed by atoms with Gasteiger partial charge in [-0.25, -0.2) is 8.42 Å². The Morgan fingerprint density at radius 2 is 1.88 bits per heavy atom. The highest BCUT2D eigenvalue weighted by atomic mass is 32.2. The molecule has 0 aromatic carbocycles. The van der Waals surface area contributed by atoms with E-state index in [1.54, 1.807) is 17.3 Å². The van der Waals surface area contributed by atoms with Gasteiger partial charge in [-0.15, -0.1) is 0 Å². The molecule has 0 N–H and O–H groups in total. The van der Waals surface area contributed by atoms with E-state index in [0.717, 1.165) is 11.1 Å². The summed E-state index contributed by atoms with van der Waals surface area (Å²) in [6.07, 6.45) is 6.04. The summed E-state index contributed by atoms with van der Waals surface area (Å²) in [5.41, 5.74) is 2.18. The second kappa shape index (κ2) is 7.32. The van der Waals surface area contributed by atoms with Gasteiger partial charge >= 0.3 is 5.97 Å². The van der Waals surface area contributed by atoms with Gasteiger partial charge in [-0.2, -0.15) is 4.31 Å². The van der Waals surface area contributed by atoms with Crippen LogP contribution in [0.4, 0.5) is 0 Å². The molecule has 0 radical (unpaired) electrons. The third kappa shape index (κ3) is 3.73. The number of piperidine rings is 1. The van der Waals surface area contributed by atoms with Gasteiger partial charge in [0, 0.05) is 38.6 Å². The molecule has 0 atom stereocenters. The summed E-state index contributed by atoms with van der Waals surface area (Å²) in [6.45, 7) is 1.60. The number of hydrogen-bond acceptors (Lipinski definition) is 6. The summed E-state index contributed by atoms with van der Waals surface area (Å²) >= 11 is 0. The largest absolute Gasteiger partial charge is 0.469 e. The van der Waals surface area contributed by atoms with E-state index in [9.17, 15) is 18.0 Å². The van der Waals surface area contributed by atoms with Crippen molar-refractivity contribution in [3.63, 3.8) is 0 Å². The Labute approximate surface area is 153 Å². The van der Waals surface area contributed by atoms with Crippen LogP contribution in [0.3, 0.4) is 0 Å². The van der Waals surface area contributed by atoms with Crippen molar-refractivity contribution in [2.45, 2.75) is 25.8 Å². The quantitative estimate of drug-likeness (QED) is 0.704. The van der Waals surface area contributed by atoms with Crippen LogP contribution in [-0.2, 0) is 32.5 Å². The van der Waals surface area contributed by atoms with Gasteiger partial charge in [0.1, 0.15) is 0 Å². The van der Waals surface area contributed by atoms with Crippen LogP contribution in [0.5, 0.6) is 0 Å². The molecular weight excluding hydrogens is 358 g/mol. The van der Waals surface area contributed by atoms with E-state index in [-0.39, 0.29) is 24.3 Å². The molecule has 2 aliphatic rings. The van der Waals surface area contributed by atoms with Crippen molar-refractivity contribution in [1.29, 1.82) is 0 Å². The topological polar surface area (TPSA) is 96.9 Å². The first-order valence-electron chi connectivity index (χ1n) is 8.59. The standard InChI is InChI=1S/C17H23N3O5S/c1-25-17(22)12-3-6-19(7-4-12)16(21)15-10-18-9-13-11-20(26(2,23)24)8-5-14(13)15/h9-10,12H,3-8,11H2,1-2H3. The summed E-state index contributed by atoms with van der Waals surface area (Å²) in [7, 11) is -1.90. The van der Waals surface area contributed by atoms with E-state index in [1.807, 2.05) is 0 Å². The number of likely N-dealkylation sites (tertiary alicyclic amines) is 1. The van der Waals surface area contributed by atoms with Crippen molar-refractivity contribution in [3.8, 4) is 0 Å². The number of amides is 1. The number of esters is 1. The molecule has 0 aliphatic carbocycles. The average Bonchev–Trinajstić information content (AvgIpc) is 2.65. The molecule has 0 spiro atoms. The molecule has 142 valence electrons. The van der Waals surface area contributed by atoms with Crippen LogP contribution in [0.2, 0.25) is 0 Å². The van der Waals surface area contributed by atoms with Crippen molar-refractivity contribution in [2.75, 3.05) is 33.0 Å². The molecule has 26 heavy (non-hydrogen) atoms. The lowest BCUT2D eigenvalue weighted by Gasteiger charge is -2.32. The molecule has 1 amide bonds. The summed E-state index contributed by atoms with van der Waals surface area (Å²) in [4.78, 5) is 30.4. The Hall–Kier alpha value is -2.00. The second-order valence-corrected chi connectivity index (χ2v) is 8.74. The van der Waals surface area contributed by atoms with E-state index in [0.29, 0.717) is 44.5 Å². The number of sulfonamides is 1. The molecule has 9 heteroatoms. The highest BCUT2D eigenvalue weighted by Gasteiger charge is 2.31. The molecule has 0 bridgehead atoms. The van der Waals surface area contributed by atoms with Crippen LogP contribution in [0.25, 0.3) is 0 Å². The van der Waals surface area contributed by atoms with E-state index >= 15 is 0 Å². The minimum atomic E-state index is -3.27. The molecule has 2 aliphatic heterocycles. The number of methoxy groups -OCH3 is 1. The SMILES string of the molecule is COC(=O)C1CCN(C(=O)c2cncc3c2CCN(S(C)(=O)=O)C3)CC1. The van der Waals surface area contributed by atoms with Gasteiger partial charge in [0.2, 0.25) is 10.0 Å². The number of pyridine rings is 1. The van der Waals surface area contributed by atoms with E-state index < -0.39 is 10.0 Å². The Bertz CT molecular complexity index is 816. The van der Waals surface area contributed by atoms with Crippen LogP contribution in [0.15, 0.2) is 12.4 Å². The van der Waals surface area contributed by atoms with Gasteiger partial charge in [-0.3, -0.25) is 14.6 Å². The molecule has 0 unspecified atom stereocenters. The summed E-state index contributed by atoms with van der Waals surface area (Å²) in [6, 6.07) is 0. The number of ether oxygens (including phenoxy) is 1. The molecule has 3 rings (SSSR count). The van der Waals surface area contributed by atoms with E-state index in [1.165, 1.54) is 17.7 Å². The molecule has 1 aromatic rings. The smallest absolute Gasteiger partial charge is 0.308 e. The predicted molar refractivity (Wildman–Crippen MR) is 93.8 cm³/mol. The number of hydrogen-bond donors (Lipinski definition) is 0. The monoisotopic (exact) mass is 381 g/mol. The number of aromatic nitrogens is 1. The van der Waals surface area contributed by atoms with Crippen molar-refractivity contribution >= 4 is 21.9 Å². The van der Waals surface area contributed by atoms with E-state index in [2.05, 4.69) is 4.98 Å². The van der Waals surface area contributed by atoms with Gasteiger partial charge in [-0.1, -0.05) is 0 Å². The van der Waals surface area contributed by atoms with Gasteiger partial charge < -0.3 is 9.64 Å². The molecule has 1 fully saturated rings. The number of nitrogens with zero attached hydrogens (tertiary/aromatic N) is 3. The molecule has 1 saturated heterocycles. The zero-order chi connectivity index (χ0) is 18.9. The van der Waals surface area contributed by atoms with Gasteiger partial charge in [-0.05, 0) is 30.4 Å². The lowest BCUT2D eigenvalue weighted by Crippen LogP contribution is -2.42. The zero-order valence-corrected chi connectivity index (χ0v) is 15.8. The summed E-state index contributed by atoms with van der Waals surface area (Å²) < 4.78 is 29.7. The Morgan fingerprint density at radius 1 is 1.19 bits per heavy atom. The highest BCUT2D eigenvalue weighted by molar-refractivity contribution is 7.88. The number of rotatable bonds is 3. The fraction of sp³-hybridized carbons (Fsp3) is 0.588. The van der Waals surface area contributed by atoms with Crippen LogP contribution < -0.4 is 0 Å². The van der Waals surface area contributed by atoms with Crippen molar-refractivity contribution in [3.05, 3.63) is 29.1 Å². The van der Waals surface area contributed by atoms with E-state index in [4.69, 9.17) is 4.74 Å².